The summed E-state index contributed by atoms with van der Waals surface area (Å²) in [6, 6.07) is 8.18. The molecule has 0 saturated heterocycles. The number of rotatable bonds is 4. The van der Waals surface area contributed by atoms with Crippen LogP contribution in [0.3, 0.4) is 0 Å². The molecule has 0 atom stereocenters. The van der Waals surface area contributed by atoms with Gasteiger partial charge >= 0.3 is 0 Å². The van der Waals surface area contributed by atoms with E-state index < -0.39 is 10.0 Å². The molecule has 1 heterocycles. The molecule has 0 aliphatic heterocycles. The quantitative estimate of drug-likeness (QED) is 0.852. The molecule has 0 unspecified atom stereocenters. The number of nitrogens with one attached hydrogen (secondary N) is 1. The number of halogens is 1. The highest BCUT2D eigenvalue weighted by Crippen LogP contribution is 2.25. The highest BCUT2D eigenvalue weighted by atomic mass is 79.9. The minimum Gasteiger partial charge on any atom is -0.321 e. The predicted octanol–water partition coefficient (Wildman–Crippen LogP) is 3.32. The minimum absolute atomic E-state index is 0.144. The highest BCUT2D eigenvalue weighted by molar-refractivity contribution is 9.11. The van der Waals surface area contributed by atoms with Gasteiger partial charge in [0, 0.05) is 19.8 Å². The van der Waals surface area contributed by atoms with Gasteiger partial charge in [0.2, 0.25) is 10.0 Å². The van der Waals surface area contributed by atoms with E-state index in [1.807, 2.05) is 6.92 Å². The van der Waals surface area contributed by atoms with Gasteiger partial charge in [-0.25, -0.2) is 12.7 Å². The molecule has 1 amide bonds. The molecule has 0 bridgehead atoms. The third-order valence-electron chi connectivity index (χ3n) is 3.03. The summed E-state index contributed by atoms with van der Waals surface area (Å²) in [5.74, 6) is -0.266. The molecule has 0 aliphatic rings. The number of carbonyl (C=O) groups is 1. The average molecular weight is 403 g/mol. The second-order valence-electron chi connectivity index (χ2n) is 4.82. The van der Waals surface area contributed by atoms with Gasteiger partial charge in [-0.05, 0) is 52.7 Å². The normalized spacial score (nSPS) is 11.7. The van der Waals surface area contributed by atoms with Crippen molar-refractivity contribution in [3.8, 4) is 0 Å². The van der Waals surface area contributed by atoms with Crippen LogP contribution in [-0.4, -0.2) is 32.7 Å². The fourth-order valence-corrected chi connectivity index (χ4v) is 3.94. The Kier molecular flexibility index (Phi) is 5.06. The zero-order valence-corrected chi connectivity index (χ0v) is 15.5. The van der Waals surface area contributed by atoms with Gasteiger partial charge in [-0.2, -0.15) is 0 Å². The van der Waals surface area contributed by atoms with Crippen molar-refractivity contribution in [1.82, 2.24) is 4.31 Å². The van der Waals surface area contributed by atoms with Crippen molar-refractivity contribution < 1.29 is 13.2 Å². The van der Waals surface area contributed by atoms with Crippen molar-refractivity contribution in [2.24, 2.45) is 0 Å². The number of benzene rings is 1. The third kappa shape index (κ3) is 3.57. The van der Waals surface area contributed by atoms with Gasteiger partial charge < -0.3 is 5.32 Å². The van der Waals surface area contributed by atoms with Gasteiger partial charge in [-0.3, -0.25) is 4.79 Å². The maximum absolute atomic E-state index is 12.2. The van der Waals surface area contributed by atoms with Gasteiger partial charge in [-0.1, -0.05) is 6.07 Å². The van der Waals surface area contributed by atoms with Gasteiger partial charge in [0.15, 0.2) is 0 Å². The van der Waals surface area contributed by atoms with Crippen molar-refractivity contribution in [3.63, 3.8) is 0 Å². The van der Waals surface area contributed by atoms with Crippen LogP contribution in [0, 0.1) is 6.92 Å². The summed E-state index contributed by atoms with van der Waals surface area (Å²) < 4.78 is 26.3. The number of amides is 1. The largest absolute Gasteiger partial charge is 0.321 e. The number of hydrogen-bond donors (Lipinski definition) is 1. The molecular weight excluding hydrogens is 388 g/mol. The Bertz CT molecular complexity index is 813. The summed E-state index contributed by atoms with van der Waals surface area (Å²) >= 11 is 4.62. The van der Waals surface area contributed by atoms with Gasteiger partial charge in [0.05, 0.1) is 13.6 Å². The maximum Gasteiger partial charge on any atom is 0.265 e. The Balaban J connectivity index is 2.34. The van der Waals surface area contributed by atoms with E-state index >= 15 is 0 Å². The van der Waals surface area contributed by atoms with E-state index in [0.717, 1.165) is 13.7 Å². The monoisotopic (exact) mass is 402 g/mol. The van der Waals surface area contributed by atoms with Crippen LogP contribution in [-0.2, 0) is 10.0 Å². The highest BCUT2D eigenvalue weighted by Gasteiger charge is 2.19. The van der Waals surface area contributed by atoms with E-state index in [0.29, 0.717) is 10.6 Å². The summed E-state index contributed by atoms with van der Waals surface area (Å²) in [7, 11) is -0.598. The Morgan fingerprint density at radius 2 is 1.91 bits per heavy atom. The van der Waals surface area contributed by atoms with E-state index in [9.17, 15) is 13.2 Å². The molecular formula is C14H15BrN2O3S2. The molecule has 1 N–H and O–H groups in total. The first-order chi connectivity index (χ1) is 10.2. The minimum atomic E-state index is -3.54. The van der Waals surface area contributed by atoms with Gasteiger partial charge in [-0.15, -0.1) is 11.3 Å². The first-order valence-corrected chi connectivity index (χ1v) is 9.36. The van der Waals surface area contributed by atoms with Crippen LogP contribution in [0.4, 0.5) is 5.69 Å². The van der Waals surface area contributed by atoms with Crippen LogP contribution in [0.1, 0.15) is 15.2 Å². The van der Waals surface area contributed by atoms with Crippen molar-refractivity contribution in [3.05, 3.63) is 44.6 Å². The van der Waals surface area contributed by atoms with Gasteiger partial charge in [0.1, 0.15) is 0 Å². The molecule has 2 aromatic rings. The zero-order valence-electron chi connectivity index (χ0n) is 12.3. The van der Waals surface area contributed by atoms with Crippen LogP contribution in [0.15, 0.2) is 39.0 Å². The third-order valence-corrected chi connectivity index (χ3v) is 6.47. The van der Waals surface area contributed by atoms with Crippen LogP contribution < -0.4 is 5.32 Å². The van der Waals surface area contributed by atoms with E-state index in [4.69, 9.17) is 0 Å². The van der Waals surface area contributed by atoms with Crippen LogP contribution in [0.5, 0.6) is 0 Å². The summed E-state index contributed by atoms with van der Waals surface area (Å²) in [6.07, 6.45) is 0. The zero-order chi connectivity index (χ0) is 16.5. The predicted molar refractivity (Wildman–Crippen MR) is 92.0 cm³/mol. The molecule has 8 heteroatoms. The average Bonchev–Trinajstić information content (AvgIpc) is 2.87. The maximum atomic E-state index is 12.2. The first-order valence-electron chi connectivity index (χ1n) is 6.31. The molecule has 1 aromatic heterocycles. The molecule has 2 rings (SSSR count). The molecule has 22 heavy (non-hydrogen) atoms. The van der Waals surface area contributed by atoms with Crippen molar-refractivity contribution in [2.45, 2.75) is 11.8 Å². The lowest BCUT2D eigenvalue weighted by Crippen LogP contribution is -2.22. The van der Waals surface area contributed by atoms with Gasteiger partial charge in [0.25, 0.3) is 5.91 Å². The molecule has 118 valence electrons. The lowest BCUT2D eigenvalue weighted by molar-refractivity contribution is 0.103. The van der Waals surface area contributed by atoms with Crippen molar-refractivity contribution >= 4 is 48.9 Å². The molecule has 0 aliphatic carbocycles. The summed E-state index contributed by atoms with van der Waals surface area (Å²) in [6.45, 7) is 1.81. The Labute approximate surface area is 142 Å². The first kappa shape index (κ1) is 17.1. The van der Waals surface area contributed by atoms with Crippen LogP contribution >= 0.6 is 27.3 Å². The number of nitrogens with zero attached hydrogens (tertiary/aromatic N) is 1. The summed E-state index contributed by atoms with van der Waals surface area (Å²) in [4.78, 5) is 12.9. The van der Waals surface area contributed by atoms with E-state index in [-0.39, 0.29) is 10.8 Å². The molecule has 5 nitrogen and oxygen atoms in total. The fourth-order valence-electron chi connectivity index (χ4n) is 1.73. The van der Waals surface area contributed by atoms with Crippen LogP contribution in [0.25, 0.3) is 0 Å². The molecule has 0 fully saturated rings. The van der Waals surface area contributed by atoms with E-state index in [1.165, 1.54) is 37.6 Å². The van der Waals surface area contributed by atoms with E-state index in [1.54, 1.807) is 18.2 Å². The standard InChI is InChI=1S/C14H15BrN2O3S2/c1-9-4-5-10(22(19,20)17(2)3)8-11(9)16-14(18)12-6-7-13(15)21-12/h4-8H,1-3H3,(H,16,18). The summed E-state index contributed by atoms with van der Waals surface area (Å²) in [5, 5.41) is 2.76. The second kappa shape index (κ2) is 6.49. The Morgan fingerprint density at radius 3 is 2.45 bits per heavy atom. The van der Waals surface area contributed by atoms with Crippen LogP contribution in [0.2, 0.25) is 0 Å². The Morgan fingerprint density at radius 1 is 1.23 bits per heavy atom. The molecule has 0 saturated carbocycles. The number of aryl methyl sites for hydroxylation is 1. The lowest BCUT2D eigenvalue weighted by Gasteiger charge is -2.14. The molecule has 0 spiro atoms. The number of sulfonamides is 1. The SMILES string of the molecule is Cc1ccc(S(=O)(=O)N(C)C)cc1NC(=O)c1ccc(Br)s1. The van der Waals surface area contributed by atoms with E-state index in [2.05, 4.69) is 21.2 Å². The number of hydrogen-bond acceptors (Lipinski definition) is 4. The Hall–Kier alpha value is -1.22. The molecule has 0 radical (unpaired) electrons. The number of thiophene rings is 1. The second-order valence-corrected chi connectivity index (χ2v) is 9.44. The summed E-state index contributed by atoms with van der Waals surface area (Å²) in [5.41, 5.74) is 1.28. The number of anilines is 1. The lowest BCUT2D eigenvalue weighted by atomic mass is 10.2. The smallest absolute Gasteiger partial charge is 0.265 e. The molecule has 1 aromatic carbocycles. The van der Waals surface area contributed by atoms with Crippen molar-refractivity contribution in [2.75, 3.05) is 19.4 Å². The number of carbonyl (C=O) groups excluding carboxylic acids is 1. The van der Waals surface area contributed by atoms with Crippen molar-refractivity contribution in [1.29, 1.82) is 0 Å². The fraction of sp³-hybridized carbons (Fsp3) is 0.214. The topological polar surface area (TPSA) is 66.5 Å².